The van der Waals surface area contributed by atoms with Crippen molar-refractivity contribution >= 4 is 43.4 Å². The van der Waals surface area contributed by atoms with Crippen LogP contribution in [-0.2, 0) is 11.3 Å². The number of carbonyl (C=O) groups is 1. The fraction of sp³-hybridized carbons (Fsp3) is 0.192. The van der Waals surface area contributed by atoms with Gasteiger partial charge in [0.05, 0.1) is 23.7 Å². The van der Waals surface area contributed by atoms with Crippen molar-refractivity contribution in [2.45, 2.75) is 13.0 Å². The van der Waals surface area contributed by atoms with Gasteiger partial charge in [-0.05, 0) is 47.5 Å². The van der Waals surface area contributed by atoms with E-state index in [1.807, 2.05) is 71.4 Å². The van der Waals surface area contributed by atoms with Gasteiger partial charge in [-0.25, -0.2) is 9.97 Å². The lowest BCUT2D eigenvalue weighted by atomic mass is 10.1. The Bertz CT molecular complexity index is 1410. The number of nitrogens with zero attached hydrogens (tertiary/aromatic N) is 4. The maximum Gasteiger partial charge on any atom is 0.266 e. The molecule has 0 aliphatic rings. The first-order valence-electron chi connectivity index (χ1n) is 11.0. The third-order valence-electron chi connectivity index (χ3n) is 5.56. The van der Waals surface area contributed by atoms with E-state index in [0.29, 0.717) is 17.4 Å². The number of ether oxygens (including phenoxy) is 2. The molecule has 0 saturated carbocycles. The van der Waals surface area contributed by atoms with Crippen molar-refractivity contribution in [3.8, 4) is 11.5 Å². The summed E-state index contributed by atoms with van der Waals surface area (Å²) in [5, 5.41) is 2.86. The molecule has 7 nitrogen and oxygen atoms in total. The van der Waals surface area contributed by atoms with Crippen LogP contribution in [0, 0.1) is 0 Å². The zero-order valence-corrected chi connectivity index (χ0v) is 19.6. The van der Waals surface area contributed by atoms with E-state index in [0.717, 1.165) is 39.7 Å². The first kappa shape index (κ1) is 21.9. The first-order valence-corrected chi connectivity index (χ1v) is 11.8. The minimum atomic E-state index is -0.134. The molecule has 0 fully saturated rings. The molecule has 0 unspecified atom stereocenters. The monoisotopic (exact) mass is 472 g/mol. The van der Waals surface area contributed by atoms with Crippen molar-refractivity contribution < 1.29 is 14.3 Å². The summed E-state index contributed by atoms with van der Waals surface area (Å²) in [6, 6.07) is 19.6. The normalized spacial score (nSPS) is 11.1. The van der Waals surface area contributed by atoms with E-state index in [4.69, 9.17) is 14.5 Å². The summed E-state index contributed by atoms with van der Waals surface area (Å²) in [6.45, 7) is 1.21. The van der Waals surface area contributed by atoms with E-state index >= 15 is 0 Å². The lowest BCUT2D eigenvalue weighted by molar-refractivity contribution is -0.120. The number of hydrogen-bond acceptors (Lipinski definition) is 6. The zero-order valence-electron chi connectivity index (χ0n) is 18.8. The Balaban J connectivity index is 1.34. The maximum absolute atomic E-state index is 13.3. The smallest absolute Gasteiger partial charge is 0.266 e. The lowest BCUT2D eigenvalue weighted by Gasteiger charge is -2.20. The largest absolute Gasteiger partial charge is 0.497 e. The van der Waals surface area contributed by atoms with Gasteiger partial charge in [-0.2, -0.15) is 0 Å². The number of imidazole rings is 1. The summed E-state index contributed by atoms with van der Waals surface area (Å²) in [5.74, 6) is 1.30. The van der Waals surface area contributed by atoms with Crippen molar-refractivity contribution in [1.82, 2.24) is 14.5 Å². The second-order valence-corrected chi connectivity index (χ2v) is 8.84. The molecule has 0 aliphatic heterocycles. The molecule has 172 valence electrons. The van der Waals surface area contributed by atoms with Crippen molar-refractivity contribution in [2.75, 3.05) is 25.2 Å². The Morgan fingerprint density at radius 1 is 1.06 bits per heavy atom. The second-order valence-electron chi connectivity index (χ2n) is 7.83. The Morgan fingerprint density at radius 3 is 2.74 bits per heavy atom. The molecule has 0 saturated heterocycles. The van der Waals surface area contributed by atoms with Gasteiger partial charge in [0, 0.05) is 25.5 Å². The minimum absolute atomic E-state index is 0.0668. The van der Waals surface area contributed by atoms with Crippen LogP contribution in [0.25, 0.3) is 21.0 Å². The average Bonchev–Trinajstić information content (AvgIpc) is 3.54. The number of benzene rings is 3. The third kappa shape index (κ3) is 4.87. The van der Waals surface area contributed by atoms with Gasteiger partial charge in [0.15, 0.2) is 11.7 Å². The Kier molecular flexibility index (Phi) is 6.40. The topological polar surface area (TPSA) is 69.5 Å². The molecule has 5 rings (SSSR count). The first-order chi connectivity index (χ1) is 16.7. The van der Waals surface area contributed by atoms with Gasteiger partial charge in [0.25, 0.3) is 5.91 Å². The second kappa shape index (κ2) is 9.93. The molecule has 8 heteroatoms. The lowest BCUT2D eigenvalue weighted by Crippen LogP contribution is -2.36. The van der Waals surface area contributed by atoms with Crippen LogP contribution in [0.2, 0.25) is 0 Å². The summed E-state index contributed by atoms with van der Waals surface area (Å²) in [4.78, 5) is 23.8. The van der Waals surface area contributed by atoms with Gasteiger partial charge < -0.3 is 14.0 Å². The zero-order chi connectivity index (χ0) is 23.3. The Morgan fingerprint density at radius 2 is 1.91 bits per heavy atom. The van der Waals surface area contributed by atoms with Gasteiger partial charge in [0.1, 0.15) is 11.5 Å². The molecule has 3 aromatic carbocycles. The highest BCUT2D eigenvalue weighted by Crippen LogP contribution is 2.32. The number of rotatable bonds is 9. The molecule has 5 aromatic rings. The molecule has 1 amide bonds. The molecule has 0 radical (unpaired) electrons. The van der Waals surface area contributed by atoms with Crippen LogP contribution < -0.4 is 14.4 Å². The molecular weight excluding hydrogens is 448 g/mol. The molecule has 0 spiro atoms. The van der Waals surface area contributed by atoms with Crippen LogP contribution >= 0.6 is 11.3 Å². The van der Waals surface area contributed by atoms with Crippen LogP contribution in [0.5, 0.6) is 11.5 Å². The number of carbonyl (C=O) groups excluding carboxylic acids is 1. The number of aryl methyl sites for hydroxylation is 1. The molecule has 0 atom stereocenters. The summed E-state index contributed by atoms with van der Waals surface area (Å²) < 4.78 is 14.2. The molecule has 34 heavy (non-hydrogen) atoms. The highest BCUT2D eigenvalue weighted by atomic mass is 32.1. The summed E-state index contributed by atoms with van der Waals surface area (Å²) >= 11 is 1.47. The van der Waals surface area contributed by atoms with Crippen LogP contribution in [0.1, 0.15) is 6.42 Å². The number of thiazole rings is 1. The Labute approximate surface area is 201 Å². The van der Waals surface area contributed by atoms with Crippen LogP contribution in [0.4, 0.5) is 5.13 Å². The molecule has 0 N–H and O–H groups in total. The quantitative estimate of drug-likeness (QED) is 0.297. The average molecular weight is 473 g/mol. The van der Waals surface area contributed by atoms with Gasteiger partial charge in [-0.1, -0.05) is 41.7 Å². The van der Waals surface area contributed by atoms with E-state index in [1.165, 1.54) is 11.3 Å². The molecule has 2 heterocycles. The summed E-state index contributed by atoms with van der Waals surface area (Å²) in [5.41, 5.74) is 0.837. The summed E-state index contributed by atoms with van der Waals surface area (Å²) in [7, 11) is 1.64. The predicted octanol–water partition coefficient (Wildman–Crippen LogP) is 5.16. The van der Waals surface area contributed by atoms with Crippen molar-refractivity contribution in [3.05, 3.63) is 79.4 Å². The fourth-order valence-corrected chi connectivity index (χ4v) is 4.81. The van der Waals surface area contributed by atoms with E-state index in [-0.39, 0.29) is 12.5 Å². The number of anilines is 1. The van der Waals surface area contributed by atoms with Gasteiger partial charge >= 0.3 is 0 Å². The predicted molar refractivity (Wildman–Crippen MR) is 135 cm³/mol. The van der Waals surface area contributed by atoms with E-state index in [2.05, 4.69) is 4.98 Å². The minimum Gasteiger partial charge on any atom is -0.497 e. The van der Waals surface area contributed by atoms with Gasteiger partial charge in [0.2, 0.25) is 0 Å². The standard InChI is InChI=1S/C26H24N4O3S/c1-32-21-9-10-23-24(16-21)34-26(28-23)30(13-4-12-29-14-11-27-18-29)25(31)17-33-22-8-7-19-5-2-3-6-20(19)15-22/h2-3,5-11,14-16,18H,4,12-13,17H2,1H3. The molecule has 2 aromatic heterocycles. The van der Waals surface area contributed by atoms with Crippen molar-refractivity contribution in [1.29, 1.82) is 0 Å². The summed E-state index contributed by atoms with van der Waals surface area (Å²) in [6.07, 6.45) is 6.20. The SMILES string of the molecule is COc1ccc2nc(N(CCCn3ccnc3)C(=O)COc3ccc4ccccc4c3)sc2c1. The number of hydrogen-bond donors (Lipinski definition) is 0. The molecule has 0 aliphatic carbocycles. The van der Waals surface area contributed by atoms with E-state index < -0.39 is 0 Å². The molecular formula is C26H24N4O3S. The van der Waals surface area contributed by atoms with Gasteiger partial charge in [-0.15, -0.1) is 0 Å². The number of methoxy groups -OCH3 is 1. The van der Waals surface area contributed by atoms with Crippen LogP contribution in [-0.4, -0.2) is 40.7 Å². The highest BCUT2D eigenvalue weighted by molar-refractivity contribution is 7.22. The fourth-order valence-electron chi connectivity index (χ4n) is 3.77. The van der Waals surface area contributed by atoms with Crippen LogP contribution in [0.3, 0.4) is 0 Å². The van der Waals surface area contributed by atoms with Crippen molar-refractivity contribution in [3.63, 3.8) is 0 Å². The molecule has 0 bridgehead atoms. The highest BCUT2D eigenvalue weighted by Gasteiger charge is 2.20. The Hall–Kier alpha value is -3.91. The van der Waals surface area contributed by atoms with Crippen LogP contribution in [0.15, 0.2) is 79.4 Å². The van der Waals surface area contributed by atoms with E-state index in [9.17, 15) is 4.79 Å². The third-order valence-corrected chi connectivity index (χ3v) is 6.60. The van der Waals surface area contributed by atoms with Crippen molar-refractivity contribution in [2.24, 2.45) is 0 Å². The van der Waals surface area contributed by atoms with Gasteiger partial charge in [-0.3, -0.25) is 9.69 Å². The van der Waals surface area contributed by atoms with E-state index in [1.54, 1.807) is 24.5 Å². The number of fused-ring (bicyclic) bond motifs is 2. The maximum atomic E-state index is 13.3. The number of amides is 1. The number of aromatic nitrogens is 3.